The second-order valence-electron chi connectivity index (χ2n) is 11.3. The van der Waals surface area contributed by atoms with Crippen molar-refractivity contribution in [3.8, 4) is 12.1 Å². The molecular weight excluding hydrogens is 530 g/mol. The van der Waals surface area contributed by atoms with Gasteiger partial charge in [0.15, 0.2) is 0 Å². The van der Waals surface area contributed by atoms with Gasteiger partial charge in [-0.3, -0.25) is 9.78 Å². The van der Waals surface area contributed by atoms with Gasteiger partial charge in [-0.25, -0.2) is 0 Å². The monoisotopic (exact) mass is 571 g/mol. The first-order valence-electron chi connectivity index (χ1n) is 16.1. The minimum Gasteiger partial charge on any atom is -0.462 e. The number of fused-ring (bicyclic) bond motifs is 2. The van der Waals surface area contributed by atoms with Crippen LogP contribution in [0.1, 0.15) is 40.2 Å². The molecule has 10 nitrogen and oxygen atoms in total. The summed E-state index contributed by atoms with van der Waals surface area (Å²) in [6, 6.07) is 8.09. The van der Waals surface area contributed by atoms with Crippen molar-refractivity contribution in [3.05, 3.63) is 60.1 Å². The van der Waals surface area contributed by atoms with Crippen molar-refractivity contribution in [2.45, 2.75) is 51.2 Å². The molecule has 1 amide bonds. The Kier molecular flexibility index (Phi) is 6.93. The molecule has 1 aromatic carbocycles. The van der Waals surface area contributed by atoms with Gasteiger partial charge in [0.05, 0.1) is 42.7 Å². The maximum atomic E-state index is 12.6. The Morgan fingerprint density at radius 2 is 2.14 bits per heavy atom. The van der Waals surface area contributed by atoms with Crippen LogP contribution in [0.3, 0.4) is 0 Å². The summed E-state index contributed by atoms with van der Waals surface area (Å²) in [4.78, 5) is 34.5. The lowest BCUT2D eigenvalue weighted by Crippen LogP contribution is -2.55. The van der Waals surface area contributed by atoms with E-state index < -0.39 is 6.98 Å². The Morgan fingerprint density at radius 3 is 2.98 bits per heavy atom. The highest BCUT2D eigenvalue weighted by molar-refractivity contribution is 5.96. The third-order valence-corrected chi connectivity index (χ3v) is 8.68. The number of benzene rings is 1. The number of hydrogen-bond acceptors (Lipinski definition) is 9. The second kappa shape index (κ2) is 11.9. The molecule has 5 heterocycles. The van der Waals surface area contributed by atoms with Crippen LogP contribution in [0, 0.1) is 18.3 Å². The van der Waals surface area contributed by atoms with Crippen LogP contribution in [0.25, 0.3) is 10.8 Å². The number of aryl methyl sites for hydroxylation is 1. The second-order valence-corrected chi connectivity index (χ2v) is 11.3. The first-order valence-corrected chi connectivity index (χ1v) is 14.6. The number of nitriles is 1. The number of ether oxygens (including phenoxy) is 1. The summed E-state index contributed by atoms with van der Waals surface area (Å²) in [7, 11) is 0. The van der Waals surface area contributed by atoms with Crippen molar-refractivity contribution in [3.63, 3.8) is 0 Å². The third kappa shape index (κ3) is 5.37. The lowest BCUT2D eigenvalue weighted by Gasteiger charge is -2.42. The van der Waals surface area contributed by atoms with E-state index in [1.807, 2.05) is 18.5 Å². The van der Waals surface area contributed by atoms with Crippen LogP contribution >= 0.6 is 0 Å². The lowest BCUT2D eigenvalue weighted by atomic mass is 10.0. The van der Waals surface area contributed by atoms with Crippen LogP contribution in [0.15, 0.2) is 43.2 Å². The molecule has 0 aliphatic carbocycles. The van der Waals surface area contributed by atoms with E-state index in [2.05, 4.69) is 46.5 Å². The topological polar surface area (TPSA) is 102 Å². The molecule has 2 atom stereocenters. The highest BCUT2D eigenvalue weighted by Gasteiger charge is 2.33. The van der Waals surface area contributed by atoms with E-state index in [9.17, 15) is 10.1 Å². The molecule has 0 saturated carbocycles. The number of nitrogens with zero attached hydrogens (tertiary/aromatic N) is 8. The number of amides is 1. The van der Waals surface area contributed by atoms with Gasteiger partial charge in [0.1, 0.15) is 12.4 Å². The molecule has 0 radical (unpaired) electrons. The molecule has 2 fully saturated rings. The summed E-state index contributed by atoms with van der Waals surface area (Å²) in [6.07, 6.45) is 7.50. The lowest BCUT2D eigenvalue weighted by molar-refractivity contribution is -0.128. The highest BCUT2D eigenvalue weighted by Crippen LogP contribution is 2.35. The average molecular weight is 572 g/mol. The van der Waals surface area contributed by atoms with Crippen molar-refractivity contribution < 1.29 is 13.6 Å². The zero-order valence-electron chi connectivity index (χ0n) is 27.0. The fourth-order valence-electron chi connectivity index (χ4n) is 6.48. The molecule has 3 aliphatic rings. The predicted octanol–water partition coefficient (Wildman–Crippen LogP) is 3.49. The normalized spacial score (nSPS) is 22.2. The smallest absolute Gasteiger partial charge is 0.318 e. The van der Waals surface area contributed by atoms with E-state index in [1.165, 1.54) is 16.5 Å². The summed E-state index contributed by atoms with van der Waals surface area (Å²) in [5.41, 5.74) is 4.08. The number of aromatic nitrogens is 3. The van der Waals surface area contributed by atoms with E-state index >= 15 is 0 Å². The van der Waals surface area contributed by atoms with Crippen molar-refractivity contribution in [1.29, 1.82) is 5.26 Å². The van der Waals surface area contributed by atoms with Gasteiger partial charge < -0.3 is 24.3 Å². The minimum absolute atomic E-state index is 0.172. The summed E-state index contributed by atoms with van der Waals surface area (Å²) in [6.45, 7) is 6.92. The van der Waals surface area contributed by atoms with Crippen LogP contribution < -0.4 is 14.5 Å². The number of likely N-dealkylation sites (tertiary alicyclic amines) is 1. The molecule has 2 aromatic heterocycles. The van der Waals surface area contributed by atoms with Crippen molar-refractivity contribution in [2.24, 2.45) is 0 Å². The molecule has 3 aromatic rings. The number of anilines is 2. The van der Waals surface area contributed by atoms with Gasteiger partial charge in [0.2, 0.25) is 5.91 Å². The van der Waals surface area contributed by atoms with E-state index in [0.717, 1.165) is 52.9 Å². The van der Waals surface area contributed by atoms with Crippen LogP contribution in [0.2, 0.25) is 0 Å². The van der Waals surface area contributed by atoms with Crippen LogP contribution in [0.5, 0.6) is 6.01 Å². The first-order chi connectivity index (χ1) is 21.7. The number of carbonyl (C=O) groups excluding carboxylic acids is 1. The average Bonchev–Trinajstić information content (AvgIpc) is 3.53. The Labute approximate surface area is 251 Å². The molecule has 2 saturated heterocycles. The van der Waals surface area contributed by atoms with E-state index in [-0.39, 0.29) is 37.0 Å². The molecule has 6 rings (SSSR count). The van der Waals surface area contributed by atoms with Gasteiger partial charge >= 0.3 is 6.01 Å². The summed E-state index contributed by atoms with van der Waals surface area (Å²) >= 11 is 0. The van der Waals surface area contributed by atoms with Gasteiger partial charge in [0, 0.05) is 58.9 Å². The highest BCUT2D eigenvalue weighted by atomic mass is 16.5. The minimum atomic E-state index is -2.18. The summed E-state index contributed by atoms with van der Waals surface area (Å²) in [5.74, 6) is 0.559. The maximum Gasteiger partial charge on any atom is 0.318 e. The number of likely N-dealkylation sites (N-methyl/N-ethyl adjacent to an activating group) is 1. The first kappa shape index (κ1) is 24.4. The van der Waals surface area contributed by atoms with E-state index in [4.69, 9.17) is 18.8 Å². The zero-order chi connectivity index (χ0) is 31.7. The van der Waals surface area contributed by atoms with Gasteiger partial charge in [0.25, 0.3) is 0 Å². The van der Waals surface area contributed by atoms with Crippen molar-refractivity contribution in [2.75, 3.05) is 56.1 Å². The molecular formula is C32H38N8O2. The maximum absolute atomic E-state index is 12.6. The number of pyridine rings is 1. The standard InChI is InChI=1S/C32H38N8O2/c1-4-29(41)40-16-15-39(19-24(40)10-12-33)31-26-11-14-38(28-18-34-17-23-8-5-7-22(2)30(23)28)20-27(26)35-32(36-31)42-21-25-9-6-13-37(25)3/h4-5,7-8,17-18,24-25H,1,6,9-11,13-16,19-21H2,2-3H3/t24-,25-/m0/s1/i2+2,3D3. The summed E-state index contributed by atoms with van der Waals surface area (Å²) in [5, 5.41) is 11.8. The fraction of sp³-hybridized carbons (Fsp3) is 0.469. The predicted molar refractivity (Wildman–Crippen MR) is 163 cm³/mol. The van der Waals surface area contributed by atoms with Crippen LogP contribution in [-0.2, 0) is 17.8 Å². The van der Waals surface area contributed by atoms with Crippen molar-refractivity contribution in [1.82, 2.24) is 24.8 Å². The summed E-state index contributed by atoms with van der Waals surface area (Å²) < 4.78 is 30.0. The fourth-order valence-corrected chi connectivity index (χ4v) is 6.48. The molecule has 0 N–H and O–H groups in total. The number of piperazine rings is 1. The number of hydrogen-bond donors (Lipinski definition) is 0. The van der Waals surface area contributed by atoms with E-state index in [0.29, 0.717) is 39.1 Å². The Morgan fingerprint density at radius 1 is 1.24 bits per heavy atom. The van der Waals surface area contributed by atoms with Gasteiger partial charge in [-0.15, -0.1) is 0 Å². The van der Waals surface area contributed by atoms with Gasteiger partial charge in [-0.05, 0) is 51.3 Å². The van der Waals surface area contributed by atoms with Crippen LogP contribution in [-0.4, -0.2) is 89.0 Å². The molecule has 10 heteroatoms. The van der Waals surface area contributed by atoms with Crippen LogP contribution in [0.4, 0.5) is 11.5 Å². The number of carbonyl (C=O) groups is 1. The molecule has 42 heavy (non-hydrogen) atoms. The van der Waals surface area contributed by atoms with Gasteiger partial charge in [-0.1, -0.05) is 24.8 Å². The van der Waals surface area contributed by atoms with Gasteiger partial charge in [-0.2, -0.15) is 15.2 Å². The Hall–Kier alpha value is -4.23. The Bertz CT molecular complexity index is 1640. The molecule has 0 unspecified atom stereocenters. The molecule has 0 spiro atoms. The quantitative estimate of drug-likeness (QED) is 0.395. The number of rotatable bonds is 7. The molecule has 0 bridgehead atoms. The van der Waals surface area contributed by atoms with E-state index in [1.54, 1.807) is 4.90 Å². The molecule has 3 aliphatic heterocycles. The zero-order valence-corrected chi connectivity index (χ0v) is 24.0. The molecule has 218 valence electrons. The third-order valence-electron chi connectivity index (χ3n) is 8.68. The SMILES string of the molecule is [2H]C([2H])([2H])N1CCC[C@H]1COc1nc2c(c(N3CCN(C(=O)C=C)[C@@H](CC#N)C3)n1)CCN(c1cncc3cccc([14CH3])c13)C2. The largest absolute Gasteiger partial charge is 0.462 e. The Balaban J connectivity index is 1.34. The van der Waals surface area contributed by atoms with Crippen molar-refractivity contribution >= 4 is 28.2 Å².